The predicted molar refractivity (Wildman–Crippen MR) is 73.3 cm³/mol. The highest BCUT2D eigenvalue weighted by Gasteiger charge is 2.21. The lowest BCUT2D eigenvalue weighted by Gasteiger charge is -2.39. The van der Waals surface area contributed by atoms with Gasteiger partial charge in [0.15, 0.2) is 0 Å². The van der Waals surface area contributed by atoms with Crippen LogP contribution in [0.2, 0.25) is 0 Å². The molecular weight excluding hydrogens is 229 g/mol. The molecule has 0 spiro atoms. The number of halogens is 1. The molecule has 1 aromatic rings. The van der Waals surface area contributed by atoms with Crippen LogP contribution in [-0.2, 0) is 0 Å². The summed E-state index contributed by atoms with van der Waals surface area (Å²) in [5.41, 5.74) is 6.89. The second-order valence-corrected chi connectivity index (χ2v) is 4.80. The molecule has 0 aromatic heterocycles. The van der Waals surface area contributed by atoms with E-state index in [1.54, 1.807) is 0 Å². The predicted octanol–water partition coefficient (Wildman–Crippen LogP) is 1.68. The first kappa shape index (κ1) is 13.3. The molecule has 1 aromatic carbocycles. The number of hydrogen-bond acceptors (Lipinski definition) is 3. The van der Waals surface area contributed by atoms with Crippen molar-refractivity contribution in [3.8, 4) is 0 Å². The molecule has 4 heteroatoms. The zero-order valence-electron chi connectivity index (χ0n) is 11.0. The van der Waals surface area contributed by atoms with Crippen LogP contribution in [0.15, 0.2) is 24.3 Å². The van der Waals surface area contributed by atoms with E-state index >= 15 is 0 Å². The van der Waals surface area contributed by atoms with Gasteiger partial charge >= 0.3 is 0 Å². The molecule has 2 rings (SSSR count). The Labute approximate surface area is 108 Å². The van der Waals surface area contributed by atoms with Gasteiger partial charge in [0.25, 0.3) is 0 Å². The summed E-state index contributed by atoms with van der Waals surface area (Å²) < 4.78 is 12.9. The smallest absolute Gasteiger partial charge is 0.123 e. The molecule has 3 nitrogen and oxygen atoms in total. The zero-order valence-corrected chi connectivity index (χ0v) is 11.0. The van der Waals surface area contributed by atoms with Crippen molar-refractivity contribution in [1.82, 2.24) is 4.90 Å². The molecule has 2 N–H and O–H groups in total. The van der Waals surface area contributed by atoms with Gasteiger partial charge < -0.3 is 10.6 Å². The van der Waals surface area contributed by atoms with E-state index in [4.69, 9.17) is 5.73 Å². The number of piperazine rings is 1. The maximum atomic E-state index is 12.9. The Balaban J connectivity index is 1.92. The van der Waals surface area contributed by atoms with E-state index in [1.165, 1.54) is 12.1 Å². The monoisotopic (exact) mass is 251 g/mol. The Hall–Kier alpha value is -1.13. The van der Waals surface area contributed by atoms with E-state index in [2.05, 4.69) is 16.7 Å². The molecular formula is C14H22FN3. The molecule has 1 aliphatic rings. The fraction of sp³-hybridized carbons (Fsp3) is 0.571. The molecule has 1 unspecified atom stereocenters. The third-order valence-corrected chi connectivity index (χ3v) is 3.77. The Kier molecular flexibility index (Phi) is 4.55. The lowest BCUT2D eigenvalue weighted by molar-refractivity contribution is 0.184. The SMILES string of the molecule is CCC(CN)N1CCN(c2ccc(F)cc2)CC1. The quantitative estimate of drug-likeness (QED) is 0.884. The minimum atomic E-state index is -0.174. The Morgan fingerprint density at radius 3 is 2.28 bits per heavy atom. The van der Waals surface area contributed by atoms with Crippen LogP contribution < -0.4 is 10.6 Å². The van der Waals surface area contributed by atoms with E-state index in [9.17, 15) is 4.39 Å². The number of rotatable bonds is 4. The average molecular weight is 251 g/mol. The van der Waals surface area contributed by atoms with Crippen molar-refractivity contribution in [2.75, 3.05) is 37.6 Å². The number of nitrogens with zero attached hydrogens (tertiary/aromatic N) is 2. The molecule has 0 radical (unpaired) electrons. The van der Waals surface area contributed by atoms with E-state index in [-0.39, 0.29) is 5.82 Å². The van der Waals surface area contributed by atoms with Gasteiger partial charge in [-0.1, -0.05) is 6.92 Å². The second-order valence-electron chi connectivity index (χ2n) is 4.80. The summed E-state index contributed by atoms with van der Waals surface area (Å²) in [5, 5.41) is 0. The fourth-order valence-electron chi connectivity index (χ4n) is 2.57. The van der Waals surface area contributed by atoms with Crippen molar-refractivity contribution in [2.45, 2.75) is 19.4 Å². The minimum Gasteiger partial charge on any atom is -0.369 e. The van der Waals surface area contributed by atoms with Gasteiger partial charge in [0, 0.05) is 44.5 Å². The molecule has 0 bridgehead atoms. The summed E-state index contributed by atoms with van der Waals surface area (Å²) in [6, 6.07) is 7.25. The van der Waals surface area contributed by atoms with Crippen LogP contribution in [0.5, 0.6) is 0 Å². The highest BCUT2D eigenvalue weighted by atomic mass is 19.1. The molecule has 0 amide bonds. The lowest BCUT2D eigenvalue weighted by Crippen LogP contribution is -2.52. The number of benzene rings is 1. The van der Waals surface area contributed by atoms with Gasteiger partial charge in [-0.3, -0.25) is 4.90 Å². The number of anilines is 1. The largest absolute Gasteiger partial charge is 0.369 e. The Morgan fingerprint density at radius 1 is 1.17 bits per heavy atom. The molecule has 1 aliphatic heterocycles. The highest BCUT2D eigenvalue weighted by Crippen LogP contribution is 2.18. The van der Waals surface area contributed by atoms with E-state index < -0.39 is 0 Å². The third kappa shape index (κ3) is 3.00. The molecule has 18 heavy (non-hydrogen) atoms. The summed E-state index contributed by atoms with van der Waals surface area (Å²) in [7, 11) is 0. The molecule has 1 heterocycles. The lowest BCUT2D eigenvalue weighted by atomic mass is 10.1. The van der Waals surface area contributed by atoms with Crippen LogP contribution in [-0.4, -0.2) is 43.7 Å². The van der Waals surface area contributed by atoms with Gasteiger partial charge in [-0.2, -0.15) is 0 Å². The number of hydrogen-bond donors (Lipinski definition) is 1. The van der Waals surface area contributed by atoms with Crippen LogP contribution in [0.1, 0.15) is 13.3 Å². The maximum absolute atomic E-state index is 12.9. The standard InChI is InChI=1S/C14H22FN3/c1-2-13(11-16)17-7-9-18(10-8-17)14-5-3-12(15)4-6-14/h3-6,13H,2,7-11,16H2,1H3. The summed E-state index contributed by atoms with van der Waals surface area (Å²) >= 11 is 0. The van der Waals surface area contributed by atoms with Gasteiger partial charge in [0.05, 0.1) is 0 Å². The van der Waals surface area contributed by atoms with Gasteiger partial charge in [-0.25, -0.2) is 4.39 Å². The minimum absolute atomic E-state index is 0.174. The average Bonchev–Trinajstić information content (AvgIpc) is 2.42. The normalized spacial score (nSPS) is 18.9. The molecule has 1 saturated heterocycles. The van der Waals surface area contributed by atoms with Crippen LogP contribution >= 0.6 is 0 Å². The molecule has 1 fully saturated rings. The van der Waals surface area contributed by atoms with Gasteiger partial charge in [0.1, 0.15) is 5.82 Å². The van der Waals surface area contributed by atoms with E-state index in [1.807, 2.05) is 12.1 Å². The maximum Gasteiger partial charge on any atom is 0.123 e. The second kappa shape index (κ2) is 6.16. The van der Waals surface area contributed by atoms with Gasteiger partial charge in [-0.05, 0) is 30.7 Å². The van der Waals surface area contributed by atoms with Crippen LogP contribution in [0.3, 0.4) is 0 Å². The first-order valence-electron chi connectivity index (χ1n) is 6.69. The van der Waals surface area contributed by atoms with E-state index in [0.717, 1.165) is 44.8 Å². The summed E-state index contributed by atoms with van der Waals surface area (Å²) in [6.45, 7) is 6.96. The molecule has 1 atom stereocenters. The Bertz CT molecular complexity index is 354. The van der Waals surface area contributed by atoms with Crippen molar-refractivity contribution < 1.29 is 4.39 Å². The molecule has 100 valence electrons. The van der Waals surface area contributed by atoms with Crippen LogP contribution in [0.4, 0.5) is 10.1 Å². The van der Waals surface area contributed by atoms with Crippen molar-refractivity contribution in [2.24, 2.45) is 5.73 Å². The first-order valence-corrected chi connectivity index (χ1v) is 6.69. The summed E-state index contributed by atoms with van der Waals surface area (Å²) in [5.74, 6) is -0.174. The molecule has 0 aliphatic carbocycles. The zero-order chi connectivity index (χ0) is 13.0. The highest BCUT2D eigenvalue weighted by molar-refractivity contribution is 5.46. The van der Waals surface area contributed by atoms with Crippen molar-refractivity contribution in [3.05, 3.63) is 30.1 Å². The van der Waals surface area contributed by atoms with Gasteiger partial charge in [0.2, 0.25) is 0 Å². The number of nitrogens with two attached hydrogens (primary N) is 1. The van der Waals surface area contributed by atoms with Crippen LogP contribution in [0, 0.1) is 5.82 Å². The first-order chi connectivity index (χ1) is 8.74. The summed E-state index contributed by atoms with van der Waals surface area (Å²) in [6.07, 6.45) is 1.10. The molecule has 0 saturated carbocycles. The van der Waals surface area contributed by atoms with Crippen molar-refractivity contribution >= 4 is 5.69 Å². The van der Waals surface area contributed by atoms with Crippen LogP contribution in [0.25, 0.3) is 0 Å². The van der Waals surface area contributed by atoms with E-state index in [0.29, 0.717) is 6.04 Å². The summed E-state index contributed by atoms with van der Waals surface area (Å²) in [4.78, 5) is 4.76. The Morgan fingerprint density at radius 2 is 1.78 bits per heavy atom. The van der Waals surface area contributed by atoms with Gasteiger partial charge in [-0.15, -0.1) is 0 Å². The van der Waals surface area contributed by atoms with Crippen molar-refractivity contribution in [1.29, 1.82) is 0 Å². The topological polar surface area (TPSA) is 32.5 Å². The van der Waals surface area contributed by atoms with Crippen molar-refractivity contribution in [3.63, 3.8) is 0 Å². The third-order valence-electron chi connectivity index (χ3n) is 3.77. The fourth-order valence-corrected chi connectivity index (χ4v) is 2.57.